The van der Waals surface area contributed by atoms with Gasteiger partial charge >= 0.3 is 12.1 Å². The zero-order chi connectivity index (χ0) is 24.2. The number of methoxy groups -OCH3 is 1. The summed E-state index contributed by atoms with van der Waals surface area (Å²) in [5.41, 5.74) is 0.611. The third-order valence-electron chi connectivity index (χ3n) is 4.87. The van der Waals surface area contributed by atoms with Crippen LogP contribution in [-0.4, -0.2) is 58.5 Å². The number of H-pyrrole nitrogens is 1. The van der Waals surface area contributed by atoms with Crippen LogP contribution < -0.4 is 5.32 Å². The molecule has 0 bridgehead atoms. The molecular formula is C20H33N5O6Si. The molecule has 0 saturated carbocycles. The molecule has 12 heteroatoms. The van der Waals surface area contributed by atoms with Gasteiger partial charge in [-0.3, -0.25) is 15.2 Å². The minimum atomic E-state index is -2.06. The Labute approximate surface area is 188 Å². The van der Waals surface area contributed by atoms with Crippen LogP contribution in [0.4, 0.5) is 4.79 Å². The number of hydrogen-bond acceptors (Lipinski definition) is 9. The molecule has 0 saturated heterocycles. The molecular weight excluding hydrogens is 434 g/mol. The summed E-state index contributed by atoms with van der Waals surface area (Å²) in [6.07, 6.45) is 1.45. The van der Waals surface area contributed by atoms with Crippen LogP contribution in [0.15, 0.2) is 10.7 Å². The first kappa shape index (κ1) is 25.5. The van der Waals surface area contributed by atoms with Crippen molar-refractivity contribution in [2.24, 2.45) is 0 Å². The number of nitrogens with one attached hydrogen (secondary N) is 2. The van der Waals surface area contributed by atoms with Gasteiger partial charge in [-0.1, -0.05) is 24.8 Å². The average molecular weight is 468 g/mol. The normalized spacial score (nSPS) is 14.0. The van der Waals surface area contributed by atoms with Crippen molar-refractivity contribution in [3.8, 4) is 11.4 Å². The van der Waals surface area contributed by atoms with Gasteiger partial charge in [0.05, 0.1) is 37.6 Å². The number of rotatable bonds is 9. The predicted octanol–water partition coefficient (Wildman–Crippen LogP) is 3.20. The van der Waals surface area contributed by atoms with Crippen LogP contribution in [0.3, 0.4) is 0 Å². The molecule has 0 spiro atoms. The number of alkyl carbamates (subject to hydrolysis) is 1. The molecule has 32 heavy (non-hydrogen) atoms. The van der Waals surface area contributed by atoms with Crippen molar-refractivity contribution in [2.45, 2.75) is 77.7 Å². The molecule has 0 aliphatic heterocycles. The van der Waals surface area contributed by atoms with E-state index in [4.69, 9.17) is 14.0 Å². The van der Waals surface area contributed by atoms with Gasteiger partial charge in [0, 0.05) is 6.42 Å². The molecule has 11 nitrogen and oxygen atoms in total. The van der Waals surface area contributed by atoms with Crippen molar-refractivity contribution >= 4 is 20.1 Å². The number of carbonyl (C=O) groups excluding carboxylic acids is 2. The Kier molecular flexibility index (Phi) is 7.83. The van der Waals surface area contributed by atoms with Crippen molar-refractivity contribution in [3.63, 3.8) is 0 Å². The molecule has 2 rings (SSSR count). The highest BCUT2D eigenvalue weighted by molar-refractivity contribution is 6.78. The van der Waals surface area contributed by atoms with Gasteiger partial charge in [-0.05, 0) is 27.7 Å². The van der Waals surface area contributed by atoms with Crippen molar-refractivity contribution in [3.05, 3.63) is 17.8 Å². The second-order valence-electron chi connectivity index (χ2n) is 9.55. The molecule has 0 radical (unpaired) electrons. The summed E-state index contributed by atoms with van der Waals surface area (Å²) in [5, 5.41) is 12.9. The Bertz CT molecular complexity index is 930. The van der Waals surface area contributed by atoms with Crippen LogP contribution in [0, 0.1) is 0 Å². The molecule has 0 fully saturated rings. The lowest BCUT2D eigenvalue weighted by atomic mass is 10.2. The number of aromatic amines is 1. The van der Waals surface area contributed by atoms with E-state index in [9.17, 15) is 9.59 Å². The zero-order valence-electron chi connectivity index (χ0n) is 20.0. The smallest absolute Gasteiger partial charge is 0.409 e. The molecule has 2 aromatic rings. The largest absolute Gasteiger partial charge is 0.469 e. The van der Waals surface area contributed by atoms with Crippen LogP contribution in [0.2, 0.25) is 19.6 Å². The quantitative estimate of drug-likeness (QED) is 0.323. The van der Waals surface area contributed by atoms with Crippen LogP contribution in [0.1, 0.15) is 45.7 Å². The van der Waals surface area contributed by atoms with Crippen LogP contribution in [0.5, 0.6) is 0 Å². The second kappa shape index (κ2) is 9.82. The first-order chi connectivity index (χ1) is 14.7. The van der Waals surface area contributed by atoms with E-state index in [2.05, 4.69) is 50.0 Å². The van der Waals surface area contributed by atoms with E-state index >= 15 is 0 Å². The van der Waals surface area contributed by atoms with Gasteiger partial charge in [-0.2, -0.15) is 10.1 Å². The third kappa shape index (κ3) is 6.89. The van der Waals surface area contributed by atoms with Gasteiger partial charge in [-0.15, -0.1) is 0 Å². The SMILES string of the molecule is COC(=O)CCc1nc(-c2cn[nH]c2COC(C)(NC(=O)OC(C)(C)C)[Si](C)(C)C)no1. The number of nitrogens with zero attached hydrogens (tertiary/aromatic N) is 3. The van der Waals surface area contributed by atoms with Crippen molar-refractivity contribution in [1.82, 2.24) is 25.7 Å². The molecule has 178 valence electrons. The van der Waals surface area contributed by atoms with Gasteiger partial charge < -0.3 is 18.7 Å². The fourth-order valence-corrected chi connectivity index (χ4v) is 3.53. The summed E-state index contributed by atoms with van der Waals surface area (Å²) in [4.78, 5) is 28.1. The first-order valence-corrected chi connectivity index (χ1v) is 13.8. The number of aromatic nitrogens is 4. The fraction of sp³-hybridized carbons (Fsp3) is 0.650. The molecule has 1 atom stereocenters. The summed E-state index contributed by atoms with van der Waals surface area (Å²) in [5.74, 6) is 0.286. The average Bonchev–Trinajstić information content (AvgIpc) is 3.30. The van der Waals surface area contributed by atoms with Gasteiger partial charge in [0.25, 0.3) is 0 Å². The predicted molar refractivity (Wildman–Crippen MR) is 118 cm³/mol. The van der Waals surface area contributed by atoms with Gasteiger partial charge in [-0.25, -0.2) is 4.79 Å². The van der Waals surface area contributed by atoms with E-state index in [1.165, 1.54) is 7.11 Å². The topological polar surface area (TPSA) is 141 Å². The van der Waals surface area contributed by atoms with Gasteiger partial charge in [0.1, 0.15) is 19.0 Å². The van der Waals surface area contributed by atoms with Gasteiger partial charge in [0.2, 0.25) is 11.7 Å². The van der Waals surface area contributed by atoms with Crippen LogP contribution in [0.25, 0.3) is 11.4 Å². The molecule has 0 aromatic carbocycles. The summed E-state index contributed by atoms with van der Waals surface area (Å²) in [6, 6.07) is 0. The number of carbonyl (C=O) groups is 2. The lowest BCUT2D eigenvalue weighted by Gasteiger charge is -2.41. The highest BCUT2D eigenvalue weighted by atomic mass is 28.3. The van der Waals surface area contributed by atoms with E-state index in [-0.39, 0.29) is 25.4 Å². The first-order valence-electron chi connectivity index (χ1n) is 10.3. The summed E-state index contributed by atoms with van der Waals surface area (Å²) in [6.45, 7) is 13.7. The minimum absolute atomic E-state index is 0.123. The minimum Gasteiger partial charge on any atom is -0.469 e. The summed E-state index contributed by atoms with van der Waals surface area (Å²) >= 11 is 0. The zero-order valence-corrected chi connectivity index (χ0v) is 21.0. The molecule has 2 N–H and O–H groups in total. The fourth-order valence-electron chi connectivity index (χ4n) is 2.55. The molecule has 2 heterocycles. The lowest BCUT2D eigenvalue weighted by Crippen LogP contribution is -2.63. The summed E-state index contributed by atoms with van der Waals surface area (Å²) in [7, 11) is -0.738. The van der Waals surface area contributed by atoms with E-state index in [1.54, 1.807) is 27.0 Å². The van der Waals surface area contributed by atoms with E-state index in [1.807, 2.05) is 6.92 Å². The molecule has 1 unspecified atom stereocenters. The molecule has 0 aliphatic rings. The van der Waals surface area contributed by atoms with Crippen LogP contribution in [-0.2, 0) is 32.0 Å². The molecule has 2 aromatic heterocycles. The Balaban J connectivity index is 2.13. The third-order valence-corrected chi connectivity index (χ3v) is 8.01. The lowest BCUT2D eigenvalue weighted by molar-refractivity contribution is -0.140. The standard InChI is InChI=1S/C20H33N5O6Si/c1-19(2,3)30-18(27)23-20(4,32(6,7)8)29-12-14-13(11-21-24-14)17-22-15(31-25-17)9-10-16(26)28-5/h11H,9-10,12H2,1-8H3,(H,21,24)(H,23,27). The number of ether oxygens (including phenoxy) is 3. The molecule has 1 amide bonds. The maximum atomic E-state index is 12.4. The monoisotopic (exact) mass is 467 g/mol. The van der Waals surface area contributed by atoms with Crippen LogP contribution >= 0.6 is 0 Å². The van der Waals surface area contributed by atoms with E-state index in [0.29, 0.717) is 23.0 Å². The maximum absolute atomic E-state index is 12.4. The number of esters is 1. The Morgan fingerprint density at radius 2 is 1.91 bits per heavy atom. The highest BCUT2D eigenvalue weighted by Crippen LogP contribution is 2.26. The number of amides is 1. The Morgan fingerprint density at radius 1 is 1.22 bits per heavy atom. The highest BCUT2D eigenvalue weighted by Gasteiger charge is 2.43. The molecule has 0 aliphatic carbocycles. The van der Waals surface area contributed by atoms with Crippen molar-refractivity contribution in [2.75, 3.05) is 7.11 Å². The van der Waals surface area contributed by atoms with Crippen molar-refractivity contribution in [1.29, 1.82) is 0 Å². The van der Waals surface area contributed by atoms with Gasteiger partial charge in [0.15, 0.2) is 0 Å². The number of aryl methyl sites for hydroxylation is 1. The maximum Gasteiger partial charge on any atom is 0.409 e. The Hall–Kier alpha value is -2.73. The van der Waals surface area contributed by atoms with Crippen molar-refractivity contribution < 1.29 is 28.3 Å². The summed E-state index contributed by atoms with van der Waals surface area (Å²) < 4.78 is 21.5. The van der Waals surface area contributed by atoms with E-state index in [0.717, 1.165) is 0 Å². The Morgan fingerprint density at radius 3 is 2.50 bits per heavy atom. The number of hydrogen-bond donors (Lipinski definition) is 2. The van der Waals surface area contributed by atoms with E-state index < -0.39 is 25.1 Å². The second-order valence-corrected chi connectivity index (χ2v) is 15.0.